The molecule has 0 radical (unpaired) electrons. The lowest BCUT2D eigenvalue weighted by Gasteiger charge is -2.23. The second kappa shape index (κ2) is 9.57. The zero-order chi connectivity index (χ0) is 23.5. The van der Waals surface area contributed by atoms with Gasteiger partial charge in [0.05, 0.1) is 24.1 Å². The summed E-state index contributed by atoms with van der Waals surface area (Å²) in [6.07, 6.45) is 0.651. The Morgan fingerprint density at radius 1 is 1.03 bits per heavy atom. The Morgan fingerprint density at radius 3 is 2.65 bits per heavy atom. The van der Waals surface area contributed by atoms with Gasteiger partial charge in [-0.3, -0.25) is 4.79 Å². The standard InChI is InChI=1S/C27H23N3O3S/c1-17-9-8-12-19-15-20-26(33-24(17)19)29-25(18-10-4-3-5-11-18)30-27(20)34-16-23(31)28-21-13-6-7-14-22(21)32-2/h3-14H,15-16H2,1-2H3,(H,28,31). The molecular formula is C27H23N3O3S. The number of anilines is 1. The minimum atomic E-state index is -0.143. The number of methoxy groups -OCH3 is 1. The molecule has 7 heteroatoms. The molecule has 1 aliphatic heterocycles. The molecule has 0 aliphatic carbocycles. The number of para-hydroxylation sites is 3. The number of carbonyl (C=O) groups excluding carboxylic acids is 1. The Morgan fingerprint density at radius 2 is 1.82 bits per heavy atom. The van der Waals surface area contributed by atoms with Crippen molar-refractivity contribution in [2.24, 2.45) is 0 Å². The van der Waals surface area contributed by atoms with E-state index >= 15 is 0 Å². The number of aromatic nitrogens is 2. The van der Waals surface area contributed by atoms with Crippen LogP contribution >= 0.6 is 11.8 Å². The fourth-order valence-electron chi connectivity index (χ4n) is 3.87. The number of aryl methyl sites for hydroxylation is 1. The number of nitrogens with zero attached hydrogens (tertiary/aromatic N) is 2. The largest absolute Gasteiger partial charge is 0.495 e. The minimum absolute atomic E-state index is 0.143. The van der Waals surface area contributed by atoms with E-state index in [9.17, 15) is 4.79 Å². The first-order chi connectivity index (χ1) is 16.6. The van der Waals surface area contributed by atoms with Gasteiger partial charge in [0.15, 0.2) is 5.82 Å². The molecule has 5 rings (SSSR count). The van der Waals surface area contributed by atoms with Crippen molar-refractivity contribution in [3.8, 4) is 28.8 Å². The van der Waals surface area contributed by atoms with Crippen LogP contribution in [0, 0.1) is 6.92 Å². The molecule has 0 unspecified atom stereocenters. The zero-order valence-corrected chi connectivity index (χ0v) is 19.7. The van der Waals surface area contributed by atoms with E-state index in [4.69, 9.17) is 19.4 Å². The molecular weight excluding hydrogens is 446 g/mol. The van der Waals surface area contributed by atoms with Crippen molar-refractivity contribution in [1.82, 2.24) is 9.97 Å². The van der Waals surface area contributed by atoms with Crippen LogP contribution in [0.5, 0.6) is 17.4 Å². The van der Waals surface area contributed by atoms with E-state index in [2.05, 4.69) is 11.4 Å². The third kappa shape index (κ3) is 4.47. The third-order valence-electron chi connectivity index (χ3n) is 5.54. The van der Waals surface area contributed by atoms with Crippen molar-refractivity contribution in [3.63, 3.8) is 0 Å². The van der Waals surface area contributed by atoms with Crippen LogP contribution < -0.4 is 14.8 Å². The number of benzene rings is 3. The predicted molar refractivity (Wildman–Crippen MR) is 134 cm³/mol. The van der Waals surface area contributed by atoms with Gasteiger partial charge in [0.2, 0.25) is 11.8 Å². The summed E-state index contributed by atoms with van der Waals surface area (Å²) in [4.78, 5) is 22.3. The van der Waals surface area contributed by atoms with Crippen LogP contribution in [0.15, 0.2) is 77.8 Å². The summed E-state index contributed by atoms with van der Waals surface area (Å²) in [5, 5.41) is 3.66. The normalized spacial score (nSPS) is 11.7. The summed E-state index contributed by atoms with van der Waals surface area (Å²) >= 11 is 1.38. The summed E-state index contributed by atoms with van der Waals surface area (Å²) < 4.78 is 11.6. The first-order valence-electron chi connectivity index (χ1n) is 10.9. The number of carbonyl (C=O) groups is 1. The molecule has 0 spiro atoms. The third-order valence-corrected chi connectivity index (χ3v) is 6.56. The summed E-state index contributed by atoms with van der Waals surface area (Å²) in [7, 11) is 1.58. The van der Waals surface area contributed by atoms with Crippen LogP contribution in [0.4, 0.5) is 5.69 Å². The lowest BCUT2D eigenvalue weighted by atomic mass is 10.0. The quantitative estimate of drug-likeness (QED) is 0.247. The zero-order valence-electron chi connectivity index (χ0n) is 18.9. The SMILES string of the molecule is COc1ccccc1NC(=O)CSc1nc(-c2ccccc2)nc2c1Cc1cccc(C)c1O2. The van der Waals surface area contributed by atoms with E-state index in [1.807, 2.05) is 73.7 Å². The van der Waals surface area contributed by atoms with Crippen molar-refractivity contribution in [2.75, 3.05) is 18.2 Å². The maximum Gasteiger partial charge on any atom is 0.234 e. The van der Waals surface area contributed by atoms with Crippen molar-refractivity contribution >= 4 is 23.4 Å². The van der Waals surface area contributed by atoms with Crippen LogP contribution in [-0.4, -0.2) is 28.7 Å². The van der Waals surface area contributed by atoms with Gasteiger partial charge in [-0.1, -0.05) is 72.4 Å². The van der Waals surface area contributed by atoms with Crippen molar-refractivity contribution in [2.45, 2.75) is 18.4 Å². The van der Waals surface area contributed by atoms with Gasteiger partial charge >= 0.3 is 0 Å². The molecule has 1 aromatic heterocycles. The Bertz CT molecular complexity index is 1360. The van der Waals surface area contributed by atoms with Gasteiger partial charge in [0.1, 0.15) is 16.5 Å². The van der Waals surface area contributed by atoms with E-state index in [-0.39, 0.29) is 11.7 Å². The highest BCUT2D eigenvalue weighted by Gasteiger charge is 2.25. The minimum Gasteiger partial charge on any atom is -0.495 e. The van der Waals surface area contributed by atoms with Crippen molar-refractivity contribution in [1.29, 1.82) is 0 Å². The van der Waals surface area contributed by atoms with Crippen LogP contribution in [0.3, 0.4) is 0 Å². The molecule has 34 heavy (non-hydrogen) atoms. The Hall–Kier alpha value is -3.84. The smallest absolute Gasteiger partial charge is 0.234 e. The molecule has 0 fully saturated rings. The Kier molecular flexibility index (Phi) is 6.18. The fourth-order valence-corrected chi connectivity index (χ4v) is 4.69. The number of amides is 1. The second-order valence-corrected chi connectivity index (χ2v) is 8.85. The number of nitrogens with one attached hydrogen (secondary N) is 1. The van der Waals surface area contributed by atoms with Gasteiger partial charge in [-0.15, -0.1) is 0 Å². The Balaban J connectivity index is 1.45. The summed E-state index contributed by atoms with van der Waals surface area (Å²) in [5.74, 6) is 2.63. The van der Waals surface area contributed by atoms with Gasteiger partial charge < -0.3 is 14.8 Å². The van der Waals surface area contributed by atoms with Gasteiger partial charge in [-0.25, -0.2) is 4.98 Å². The Labute approximate surface area is 202 Å². The monoisotopic (exact) mass is 469 g/mol. The molecule has 1 amide bonds. The van der Waals surface area contributed by atoms with Crippen LogP contribution in [0.25, 0.3) is 11.4 Å². The highest BCUT2D eigenvalue weighted by molar-refractivity contribution is 8.00. The number of hydrogen-bond donors (Lipinski definition) is 1. The first kappa shape index (κ1) is 22.0. The van der Waals surface area contributed by atoms with E-state index in [1.54, 1.807) is 7.11 Å². The van der Waals surface area contributed by atoms with Crippen LogP contribution in [0.1, 0.15) is 16.7 Å². The molecule has 4 aromatic rings. The van der Waals surface area contributed by atoms with E-state index < -0.39 is 0 Å². The molecule has 3 aromatic carbocycles. The molecule has 0 bridgehead atoms. The number of rotatable bonds is 6. The average Bonchev–Trinajstić information content (AvgIpc) is 2.87. The first-order valence-corrected chi connectivity index (χ1v) is 11.9. The van der Waals surface area contributed by atoms with Gasteiger partial charge in [0, 0.05) is 12.0 Å². The highest BCUT2D eigenvalue weighted by atomic mass is 32.2. The molecule has 0 saturated carbocycles. The lowest BCUT2D eigenvalue weighted by Crippen LogP contribution is -2.16. The topological polar surface area (TPSA) is 73.3 Å². The molecule has 0 saturated heterocycles. The van der Waals surface area contributed by atoms with Crippen molar-refractivity contribution < 1.29 is 14.3 Å². The maximum atomic E-state index is 12.8. The van der Waals surface area contributed by atoms with E-state index in [1.165, 1.54) is 11.8 Å². The number of hydrogen-bond acceptors (Lipinski definition) is 6. The van der Waals surface area contributed by atoms with Crippen LogP contribution in [0.2, 0.25) is 0 Å². The molecule has 0 atom stereocenters. The van der Waals surface area contributed by atoms with Crippen LogP contribution in [-0.2, 0) is 11.2 Å². The number of thioether (sulfide) groups is 1. The summed E-state index contributed by atoms with van der Waals surface area (Å²) in [6.45, 7) is 2.03. The summed E-state index contributed by atoms with van der Waals surface area (Å²) in [5.41, 5.74) is 4.58. The molecule has 1 aliphatic rings. The number of ether oxygens (including phenoxy) is 2. The second-order valence-electron chi connectivity index (χ2n) is 7.88. The molecule has 170 valence electrons. The molecule has 2 heterocycles. The van der Waals surface area contributed by atoms with E-state index in [0.29, 0.717) is 29.6 Å². The van der Waals surface area contributed by atoms with Gasteiger partial charge in [-0.05, 0) is 30.2 Å². The predicted octanol–water partition coefficient (Wildman–Crippen LogP) is 5.89. The average molecular weight is 470 g/mol. The lowest BCUT2D eigenvalue weighted by molar-refractivity contribution is -0.113. The highest BCUT2D eigenvalue weighted by Crippen LogP contribution is 2.41. The maximum absolute atomic E-state index is 12.8. The fraction of sp³-hybridized carbons (Fsp3) is 0.148. The van der Waals surface area contributed by atoms with Crippen molar-refractivity contribution in [3.05, 3.63) is 89.5 Å². The van der Waals surface area contributed by atoms with Gasteiger partial charge in [0.25, 0.3) is 0 Å². The molecule has 1 N–H and O–H groups in total. The summed E-state index contributed by atoms with van der Waals surface area (Å²) in [6, 6.07) is 23.2. The van der Waals surface area contributed by atoms with Gasteiger partial charge in [-0.2, -0.15) is 4.98 Å². The van der Waals surface area contributed by atoms with E-state index in [0.717, 1.165) is 33.0 Å². The molecule has 6 nitrogen and oxygen atoms in total. The number of fused-ring (bicyclic) bond motifs is 2.